The highest BCUT2D eigenvalue weighted by atomic mass is 35.5. The van der Waals surface area contributed by atoms with Gasteiger partial charge in [0.2, 0.25) is 5.95 Å². The quantitative estimate of drug-likeness (QED) is 0.844. The van der Waals surface area contributed by atoms with Crippen molar-refractivity contribution >= 4 is 17.5 Å². The van der Waals surface area contributed by atoms with Gasteiger partial charge in [-0.3, -0.25) is 0 Å². The molecule has 0 fully saturated rings. The third-order valence-electron chi connectivity index (χ3n) is 2.90. The largest absolute Gasteiger partial charge is 0.352 e. The topological polar surface area (TPSA) is 42.7 Å². The first-order valence-corrected chi connectivity index (χ1v) is 6.07. The van der Waals surface area contributed by atoms with Gasteiger partial charge in [-0.15, -0.1) is 5.10 Å². The van der Waals surface area contributed by atoms with Crippen molar-refractivity contribution in [3.05, 3.63) is 29.3 Å². The Morgan fingerprint density at radius 2 is 2.35 bits per heavy atom. The zero-order chi connectivity index (χ0) is 11.8. The lowest BCUT2D eigenvalue weighted by molar-refractivity contribution is 0.510. The maximum atomic E-state index is 5.97. The molecular weight excluding hydrogens is 236 g/mol. The fourth-order valence-electron chi connectivity index (χ4n) is 1.96. The number of aromatic nitrogens is 3. The monoisotopic (exact) mass is 248 g/mol. The van der Waals surface area contributed by atoms with E-state index in [1.807, 2.05) is 28.9 Å². The Bertz CT molecular complexity index is 549. The van der Waals surface area contributed by atoms with E-state index >= 15 is 0 Å². The summed E-state index contributed by atoms with van der Waals surface area (Å²) in [5, 5.41) is 8.51. The summed E-state index contributed by atoms with van der Waals surface area (Å²) in [5.41, 5.74) is 0.953. The van der Waals surface area contributed by atoms with E-state index < -0.39 is 0 Å². The molecule has 0 radical (unpaired) electrons. The molecule has 0 saturated carbocycles. The highest BCUT2D eigenvalue weighted by molar-refractivity contribution is 6.30. The van der Waals surface area contributed by atoms with Gasteiger partial charge in [-0.2, -0.15) is 4.98 Å². The highest BCUT2D eigenvalue weighted by Crippen LogP contribution is 2.23. The van der Waals surface area contributed by atoms with Crippen LogP contribution in [0.15, 0.2) is 24.3 Å². The van der Waals surface area contributed by atoms with E-state index in [9.17, 15) is 0 Å². The first kappa shape index (κ1) is 10.6. The standard InChI is InChI=1S/C12H13ClN4/c1-8-5-6-17-12(14-8)15-11(16-17)9-3-2-4-10(13)7-9/h2-4,7-8H,5-6H2,1H3,(H,14,15,16). The van der Waals surface area contributed by atoms with E-state index in [2.05, 4.69) is 22.3 Å². The second-order valence-electron chi connectivity index (χ2n) is 4.33. The van der Waals surface area contributed by atoms with Crippen LogP contribution in [-0.2, 0) is 6.54 Å². The van der Waals surface area contributed by atoms with Crippen molar-refractivity contribution in [1.82, 2.24) is 14.8 Å². The SMILES string of the molecule is CC1CCn2nc(-c3cccc(Cl)c3)nc2N1. The van der Waals surface area contributed by atoms with Gasteiger partial charge in [-0.25, -0.2) is 4.68 Å². The molecule has 88 valence electrons. The summed E-state index contributed by atoms with van der Waals surface area (Å²) >= 11 is 5.97. The number of rotatable bonds is 1. The smallest absolute Gasteiger partial charge is 0.221 e. The zero-order valence-corrected chi connectivity index (χ0v) is 10.3. The van der Waals surface area contributed by atoms with Crippen LogP contribution >= 0.6 is 11.6 Å². The number of halogens is 1. The zero-order valence-electron chi connectivity index (χ0n) is 9.52. The van der Waals surface area contributed by atoms with Crippen LogP contribution in [0.3, 0.4) is 0 Å². The first-order chi connectivity index (χ1) is 8.22. The van der Waals surface area contributed by atoms with Crippen molar-refractivity contribution in [3.63, 3.8) is 0 Å². The van der Waals surface area contributed by atoms with Gasteiger partial charge in [-0.1, -0.05) is 23.7 Å². The molecule has 1 aliphatic heterocycles. The second kappa shape index (κ2) is 4.04. The maximum absolute atomic E-state index is 5.97. The van der Waals surface area contributed by atoms with Gasteiger partial charge in [0, 0.05) is 23.2 Å². The van der Waals surface area contributed by atoms with Gasteiger partial charge in [0.15, 0.2) is 5.82 Å². The Kier molecular flexibility index (Phi) is 2.52. The summed E-state index contributed by atoms with van der Waals surface area (Å²) in [6.07, 6.45) is 1.07. The molecule has 1 N–H and O–H groups in total. The molecular formula is C12H13ClN4. The summed E-state index contributed by atoms with van der Waals surface area (Å²) in [6, 6.07) is 8.07. The fourth-order valence-corrected chi connectivity index (χ4v) is 2.15. The lowest BCUT2D eigenvalue weighted by Gasteiger charge is -2.20. The minimum atomic E-state index is 0.457. The van der Waals surface area contributed by atoms with E-state index in [-0.39, 0.29) is 0 Å². The van der Waals surface area contributed by atoms with E-state index in [0.29, 0.717) is 11.1 Å². The van der Waals surface area contributed by atoms with Crippen LogP contribution in [0.4, 0.5) is 5.95 Å². The van der Waals surface area contributed by atoms with Gasteiger partial charge >= 0.3 is 0 Å². The second-order valence-corrected chi connectivity index (χ2v) is 4.76. The summed E-state index contributed by atoms with van der Waals surface area (Å²) in [4.78, 5) is 4.49. The lowest BCUT2D eigenvalue weighted by Crippen LogP contribution is -2.26. The Balaban J connectivity index is 2.00. The molecule has 4 nitrogen and oxygen atoms in total. The van der Waals surface area contributed by atoms with E-state index in [1.165, 1.54) is 0 Å². The number of hydrogen-bond donors (Lipinski definition) is 1. The van der Waals surface area contributed by atoms with Crippen LogP contribution in [0.5, 0.6) is 0 Å². The minimum Gasteiger partial charge on any atom is -0.352 e. The molecule has 1 atom stereocenters. The van der Waals surface area contributed by atoms with Crippen LogP contribution in [0.25, 0.3) is 11.4 Å². The van der Waals surface area contributed by atoms with Gasteiger partial charge < -0.3 is 5.32 Å². The summed E-state index contributed by atoms with van der Waals surface area (Å²) in [7, 11) is 0. The van der Waals surface area contributed by atoms with Gasteiger partial charge in [0.25, 0.3) is 0 Å². The molecule has 5 heteroatoms. The summed E-state index contributed by atoms with van der Waals surface area (Å²) < 4.78 is 1.91. The minimum absolute atomic E-state index is 0.457. The number of aryl methyl sites for hydroxylation is 1. The van der Waals surface area contributed by atoms with Crippen molar-refractivity contribution in [2.75, 3.05) is 5.32 Å². The molecule has 3 rings (SSSR count). The molecule has 0 saturated heterocycles. The van der Waals surface area contributed by atoms with Crippen LogP contribution in [0.2, 0.25) is 5.02 Å². The Morgan fingerprint density at radius 1 is 1.47 bits per heavy atom. The highest BCUT2D eigenvalue weighted by Gasteiger charge is 2.18. The average molecular weight is 249 g/mol. The average Bonchev–Trinajstić information content (AvgIpc) is 2.72. The molecule has 0 amide bonds. The first-order valence-electron chi connectivity index (χ1n) is 5.70. The molecule has 1 aromatic carbocycles. The van der Waals surface area contributed by atoms with Crippen molar-refractivity contribution < 1.29 is 0 Å². The predicted octanol–water partition coefficient (Wildman–Crippen LogP) is 2.80. The number of hydrogen-bond acceptors (Lipinski definition) is 3. The molecule has 2 heterocycles. The van der Waals surface area contributed by atoms with Crippen molar-refractivity contribution in [1.29, 1.82) is 0 Å². The third kappa shape index (κ3) is 2.00. The molecule has 0 spiro atoms. The molecule has 2 aromatic rings. The van der Waals surface area contributed by atoms with Crippen LogP contribution < -0.4 is 5.32 Å². The molecule has 17 heavy (non-hydrogen) atoms. The Labute approximate surface area is 105 Å². The van der Waals surface area contributed by atoms with Crippen molar-refractivity contribution in [2.24, 2.45) is 0 Å². The third-order valence-corrected chi connectivity index (χ3v) is 3.14. The van der Waals surface area contributed by atoms with Crippen LogP contribution in [0.1, 0.15) is 13.3 Å². The van der Waals surface area contributed by atoms with E-state index in [0.717, 1.165) is 30.3 Å². The van der Waals surface area contributed by atoms with Crippen molar-refractivity contribution in [3.8, 4) is 11.4 Å². The Morgan fingerprint density at radius 3 is 3.18 bits per heavy atom. The summed E-state index contributed by atoms with van der Waals surface area (Å²) in [6.45, 7) is 3.06. The molecule has 0 bridgehead atoms. The number of nitrogens with zero attached hydrogens (tertiary/aromatic N) is 3. The maximum Gasteiger partial charge on any atom is 0.221 e. The number of benzene rings is 1. The summed E-state index contributed by atoms with van der Waals surface area (Å²) in [5.74, 6) is 1.57. The van der Waals surface area contributed by atoms with Crippen molar-refractivity contribution in [2.45, 2.75) is 25.9 Å². The number of anilines is 1. The normalized spacial score (nSPS) is 18.6. The fraction of sp³-hybridized carbons (Fsp3) is 0.333. The lowest BCUT2D eigenvalue weighted by atomic mass is 10.2. The molecule has 1 unspecified atom stereocenters. The number of fused-ring (bicyclic) bond motifs is 1. The van der Waals surface area contributed by atoms with Crippen LogP contribution in [0, 0.1) is 0 Å². The predicted molar refractivity (Wildman–Crippen MR) is 68.2 cm³/mol. The van der Waals surface area contributed by atoms with E-state index in [4.69, 9.17) is 11.6 Å². The Hall–Kier alpha value is -1.55. The van der Waals surface area contributed by atoms with Crippen LogP contribution in [-0.4, -0.2) is 20.8 Å². The number of nitrogens with one attached hydrogen (secondary N) is 1. The van der Waals surface area contributed by atoms with Gasteiger partial charge in [-0.05, 0) is 25.5 Å². The molecule has 0 aliphatic carbocycles. The van der Waals surface area contributed by atoms with Gasteiger partial charge in [0.05, 0.1) is 0 Å². The van der Waals surface area contributed by atoms with E-state index in [1.54, 1.807) is 0 Å². The molecule has 1 aliphatic rings. The molecule has 1 aromatic heterocycles. The van der Waals surface area contributed by atoms with Gasteiger partial charge in [0.1, 0.15) is 0 Å².